The normalized spacial score (nSPS) is 20.0. The summed E-state index contributed by atoms with van der Waals surface area (Å²) in [5.41, 5.74) is 6.41. The van der Waals surface area contributed by atoms with Crippen molar-refractivity contribution in [3.8, 4) is 0 Å². The van der Waals surface area contributed by atoms with Crippen LogP contribution in [0.2, 0.25) is 0 Å². The van der Waals surface area contributed by atoms with E-state index < -0.39 is 0 Å². The van der Waals surface area contributed by atoms with Gasteiger partial charge in [-0.2, -0.15) is 0 Å². The molecule has 0 saturated carbocycles. The molecule has 0 N–H and O–H groups in total. The van der Waals surface area contributed by atoms with Crippen molar-refractivity contribution in [2.75, 3.05) is 7.05 Å². The molecule has 1 aromatic rings. The highest BCUT2D eigenvalue weighted by atomic mass is 19.1. The highest BCUT2D eigenvalue weighted by Crippen LogP contribution is 2.43. The predicted molar refractivity (Wildman–Crippen MR) is 115 cm³/mol. The first-order chi connectivity index (χ1) is 13.3. The Balaban J connectivity index is 0.00000136. The van der Waals surface area contributed by atoms with Gasteiger partial charge in [-0.1, -0.05) is 39.1 Å². The van der Waals surface area contributed by atoms with Crippen LogP contribution in [0.1, 0.15) is 51.7 Å². The van der Waals surface area contributed by atoms with Crippen LogP contribution in [0.5, 0.6) is 0 Å². The molecular formula is C24H31FN2O. The van der Waals surface area contributed by atoms with Gasteiger partial charge in [-0.05, 0) is 38.0 Å². The molecule has 0 bridgehead atoms. The summed E-state index contributed by atoms with van der Waals surface area (Å²) in [7, 11) is 2.11. The SMILES string of the molecule is C=C=C1CC2CC(C)(C)N(C)C2=CC(OCc2ccc(F)c(C=C)c2)=N1.CC. The number of halogens is 1. The van der Waals surface area contributed by atoms with E-state index in [1.165, 1.54) is 17.8 Å². The maximum Gasteiger partial charge on any atom is 0.216 e. The molecule has 2 heterocycles. The van der Waals surface area contributed by atoms with Crippen LogP contribution in [0.15, 0.2) is 59.6 Å². The maximum atomic E-state index is 13.6. The molecule has 0 aromatic heterocycles. The van der Waals surface area contributed by atoms with Gasteiger partial charge >= 0.3 is 0 Å². The molecule has 0 aliphatic carbocycles. The van der Waals surface area contributed by atoms with Crippen LogP contribution in [0.3, 0.4) is 0 Å². The first kappa shape index (κ1) is 21.7. The average Bonchev–Trinajstić information content (AvgIpc) is 2.82. The number of hydrogen-bond acceptors (Lipinski definition) is 3. The molecule has 1 unspecified atom stereocenters. The van der Waals surface area contributed by atoms with Gasteiger partial charge in [0.25, 0.3) is 0 Å². The number of rotatable bonds is 3. The van der Waals surface area contributed by atoms with Crippen molar-refractivity contribution < 1.29 is 9.13 Å². The molecule has 3 rings (SSSR count). The third-order valence-electron chi connectivity index (χ3n) is 5.29. The monoisotopic (exact) mass is 382 g/mol. The summed E-state index contributed by atoms with van der Waals surface area (Å²) in [4.78, 5) is 6.88. The first-order valence-electron chi connectivity index (χ1n) is 9.81. The molecule has 2 aliphatic heterocycles. The largest absolute Gasteiger partial charge is 0.473 e. The molecule has 1 aromatic carbocycles. The maximum absolute atomic E-state index is 13.6. The van der Waals surface area contributed by atoms with E-state index in [0.29, 0.717) is 24.0 Å². The van der Waals surface area contributed by atoms with Crippen molar-refractivity contribution in [1.29, 1.82) is 0 Å². The number of nitrogens with zero attached hydrogens (tertiary/aromatic N) is 2. The second kappa shape index (κ2) is 9.07. The second-order valence-electron chi connectivity index (χ2n) is 7.47. The van der Waals surface area contributed by atoms with E-state index in [4.69, 9.17) is 4.74 Å². The summed E-state index contributed by atoms with van der Waals surface area (Å²) in [6, 6.07) is 4.89. The van der Waals surface area contributed by atoms with Crippen molar-refractivity contribution in [1.82, 2.24) is 4.90 Å². The molecule has 1 fully saturated rings. The second-order valence-corrected chi connectivity index (χ2v) is 7.47. The quantitative estimate of drug-likeness (QED) is 0.590. The Morgan fingerprint density at radius 3 is 2.75 bits per heavy atom. The Hall–Kier alpha value is -2.58. The Bertz CT molecular complexity index is 844. The first-order valence-corrected chi connectivity index (χ1v) is 9.81. The van der Waals surface area contributed by atoms with E-state index in [1.807, 2.05) is 19.9 Å². The van der Waals surface area contributed by atoms with Crippen LogP contribution in [-0.2, 0) is 11.3 Å². The Kier molecular flexibility index (Phi) is 7.04. The predicted octanol–water partition coefficient (Wildman–Crippen LogP) is 6.10. The summed E-state index contributed by atoms with van der Waals surface area (Å²) in [6.07, 6.45) is 5.39. The highest BCUT2D eigenvalue weighted by Gasteiger charge is 2.40. The minimum Gasteiger partial charge on any atom is -0.473 e. The highest BCUT2D eigenvalue weighted by molar-refractivity contribution is 5.89. The zero-order chi connectivity index (χ0) is 20.9. The van der Waals surface area contributed by atoms with Crippen LogP contribution in [0.4, 0.5) is 4.39 Å². The lowest BCUT2D eigenvalue weighted by molar-refractivity contribution is 0.246. The van der Waals surface area contributed by atoms with Crippen molar-refractivity contribution >= 4 is 12.0 Å². The fourth-order valence-electron chi connectivity index (χ4n) is 3.61. The van der Waals surface area contributed by atoms with Gasteiger partial charge < -0.3 is 9.64 Å². The van der Waals surface area contributed by atoms with E-state index in [2.05, 4.69) is 49.7 Å². The lowest BCUT2D eigenvalue weighted by Crippen LogP contribution is -2.33. The minimum absolute atomic E-state index is 0.0983. The molecule has 28 heavy (non-hydrogen) atoms. The van der Waals surface area contributed by atoms with E-state index in [0.717, 1.165) is 24.1 Å². The van der Waals surface area contributed by atoms with Crippen LogP contribution in [-0.4, -0.2) is 23.4 Å². The fourth-order valence-corrected chi connectivity index (χ4v) is 3.61. The zero-order valence-electron chi connectivity index (χ0n) is 17.7. The van der Waals surface area contributed by atoms with Gasteiger partial charge in [0.15, 0.2) is 0 Å². The summed E-state index contributed by atoms with van der Waals surface area (Å²) >= 11 is 0. The van der Waals surface area contributed by atoms with Gasteiger partial charge in [0.05, 0.1) is 5.70 Å². The van der Waals surface area contributed by atoms with E-state index >= 15 is 0 Å². The Labute approximate surface area is 168 Å². The average molecular weight is 383 g/mol. The third kappa shape index (κ3) is 4.63. The minimum atomic E-state index is -0.285. The van der Waals surface area contributed by atoms with Gasteiger partial charge in [0.1, 0.15) is 12.4 Å². The number of likely N-dealkylation sites (tertiary alicyclic amines) is 1. The molecular weight excluding hydrogens is 351 g/mol. The molecule has 0 radical (unpaired) electrons. The summed E-state index contributed by atoms with van der Waals surface area (Å²) < 4.78 is 19.6. The van der Waals surface area contributed by atoms with Gasteiger partial charge in [-0.15, -0.1) is 5.73 Å². The van der Waals surface area contributed by atoms with Gasteiger partial charge in [0, 0.05) is 42.3 Å². The van der Waals surface area contributed by atoms with Crippen LogP contribution < -0.4 is 0 Å². The number of benzene rings is 1. The molecule has 2 aliphatic rings. The molecule has 1 atom stereocenters. The molecule has 3 nitrogen and oxygen atoms in total. The third-order valence-corrected chi connectivity index (χ3v) is 5.29. The molecule has 1 saturated heterocycles. The number of ether oxygens (including phenoxy) is 1. The van der Waals surface area contributed by atoms with E-state index in [-0.39, 0.29) is 11.4 Å². The molecule has 0 spiro atoms. The topological polar surface area (TPSA) is 24.8 Å². The molecule has 0 amide bonds. The Morgan fingerprint density at radius 1 is 1.39 bits per heavy atom. The van der Waals surface area contributed by atoms with E-state index in [9.17, 15) is 4.39 Å². The van der Waals surface area contributed by atoms with E-state index in [1.54, 1.807) is 12.1 Å². The van der Waals surface area contributed by atoms with Crippen molar-refractivity contribution in [2.24, 2.45) is 10.9 Å². The van der Waals surface area contributed by atoms with Crippen LogP contribution in [0.25, 0.3) is 6.08 Å². The zero-order valence-corrected chi connectivity index (χ0v) is 17.7. The lowest BCUT2D eigenvalue weighted by Gasteiger charge is -2.30. The smallest absolute Gasteiger partial charge is 0.216 e. The van der Waals surface area contributed by atoms with Crippen molar-refractivity contribution in [3.05, 3.63) is 71.5 Å². The lowest BCUT2D eigenvalue weighted by atomic mass is 9.92. The summed E-state index contributed by atoms with van der Waals surface area (Å²) in [5, 5.41) is 0. The number of hydrogen-bond donors (Lipinski definition) is 0. The van der Waals surface area contributed by atoms with Crippen LogP contribution in [0, 0.1) is 11.7 Å². The summed E-state index contributed by atoms with van der Waals surface area (Å²) in [6.45, 7) is 16.2. The van der Waals surface area contributed by atoms with Crippen molar-refractivity contribution in [2.45, 2.75) is 52.7 Å². The fraction of sp³-hybridized carbons (Fsp3) is 0.417. The van der Waals surface area contributed by atoms with Crippen LogP contribution >= 0.6 is 0 Å². The Morgan fingerprint density at radius 2 is 2.11 bits per heavy atom. The summed E-state index contributed by atoms with van der Waals surface area (Å²) in [5.74, 6) is 0.650. The van der Waals surface area contributed by atoms with Gasteiger partial charge in [0.2, 0.25) is 5.90 Å². The standard InChI is InChI=1S/C22H25FN2O.C2H6/c1-6-16-10-15(8-9-19(16)23)14-26-21-12-20-17(11-18(7-2)24-21)13-22(3,4)25(20)5;1-2/h6,8-10,12,17H,1-2,11,13-14H2,3-5H3;1-2H3. The molecule has 4 heteroatoms. The van der Waals surface area contributed by atoms with Crippen molar-refractivity contribution in [3.63, 3.8) is 0 Å². The molecule has 150 valence electrons. The van der Waals surface area contributed by atoms with Gasteiger partial charge in [-0.3, -0.25) is 0 Å². The number of aliphatic imine (C=N–C) groups is 1. The van der Waals surface area contributed by atoms with Gasteiger partial charge in [-0.25, -0.2) is 9.38 Å². The number of allylic oxidation sites excluding steroid dienone is 2. The number of fused-ring (bicyclic) bond motifs is 1.